The lowest BCUT2D eigenvalue weighted by Gasteiger charge is -2.35. The molecule has 0 aliphatic carbocycles. The first-order chi connectivity index (χ1) is 12.6. The molecule has 2 heterocycles. The van der Waals surface area contributed by atoms with E-state index < -0.39 is 0 Å². The number of methoxy groups -OCH3 is 2. The molecule has 0 spiro atoms. The van der Waals surface area contributed by atoms with E-state index in [-0.39, 0.29) is 5.91 Å². The first kappa shape index (κ1) is 18.4. The number of carbonyl (C=O) groups excluding carboxylic acids is 1. The molecular formula is C18H21BrN4O3. The second kappa shape index (κ2) is 8.35. The van der Waals surface area contributed by atoms with Gasteiger partial charge < -0.3 is 19.3 Å². The molecule has 0 N–H and O–H groups in total. The highest BCUT2D eigenvalue weighted by atomic mass is 79.9. The Labute approximate surface area is 161 Å². The molecule has 3 rings (SSSR count). The molecule has 2 aromatic rings. The van der Waals surface area contributed by atoms with E-state index in [9.17, 15) is 4.79 Å². The fraction of sp³-hybridized carbons (Fsp3) is 0.389. The van der Waals surface area contributed by atoms with Crippen LogP contribution in [0, 0.1) is 0 Å². The Morgan fingerprint density at radius 1 is 1.12 bits per heavy atom. The highest BCUT2D eigenvalue weighted by Gasteiger charge is 2.23. The third kappa shape index (κ3) is 4.07. The number of amides is 1. The monoisotopic (exact) mass is 420 g/mol. The number of hydrogen-bond acceptors (Lipinski definition) is 6. The molecule has 1 amide bonds. The fourth-order valence-corrected chi connectivity index (χ4v) is 3.41. The third-order valence-electron chi connectivity index (χ3n) is 4.40. The average molecular weight is 421 g/mol. The number of piperazine rings is 1. The van der Waals surface area contributed by atoms with E-state index in [0.29, 0.717) is 31.0 Å². The van der Waals surface area contributed by atoms with E-state index in [1.807, 2.05) is 17.0 Å². The Bertz CT molecular complexity index is 765. The molecule has 1 aromatic carbocycles. The normalized spacial score (nSPS) is 14.3. The van der Waals surface area contributed by atoms with Gasteiger partial charge >= 0.3 is 0 Å². The van der Waals surface area contributed by atoms with Gasteiger partial charge in [-0.3, -0.25) is 9.78 Å². The largest absolute Gasteiger partial charge is 0.493 e. The zero-order valence-corrected chi connectivity index (χ0v) is 16.4. The predicted octanol–water partition coefficient (Wildman–Crippen LogP) is 2.15. The van der Waals surface area contributed by atoms with Gasteiger partial charge in [0, 0.05) is 43.0 Å². The van der Waals surface area contributed by atoms with E-state index >= 15 is 0 Å². The molecule has 1 fully saturated rings. The van der Waals surface area contributed by atoms with Gasteiger partial charge in [-0.15, -0.1) is 0 Å². The molecule has 7 nitrogen and oxygen atoms in total. The van der Waals surface area contributed by atoms with E-state index in [4.69, 9.17) is 9.47 Å². The van der Waals surface area contributed by atoms with Gasteiger partial charge in [0.25, 0.3) is 0 Å². The molecule has 138 valence electrons. The molecule has 0 atom stereocenters. The van der Waals surface area contributed by atoms with Crippen molar-refractivity contribution in [3.8, 4) is 11.5 Å². The van der Waals surface area contributed by atoms with Crippen LogP contribution in [0.5, 0.6) is 11.5 Å². The van der Waals surface area contributed by atoms with Gasteiger partial charge in [0.05, 0.1) is 26.8 Å². The molecule has 0 unspecified atom stereocenters. The second-order valence-corrected chi connectivity index (χ2v) is 6.76. The Hall–Kier alpha value is -2.35. The first-order valence-electron chi connectivity index (χ1n) is 8.31. The minimum atomic E-state index is 0.0942. The highest BCUT2D eigenvalue weighted by molar-refractivity contribution is 9.10. The van der Waals surface area contributed by atoms with Gasteiger partial charge in [-0.2, -0.15) is 0 Å². The maximum Gasteiger partial charge on any atom is 0.227 e. The molecule has 0 bridgehead atoms. The van der Waals surface area contributed by atoms with Crippen molar-refractivity contribution in [3.05, 3.63) is 40.8 Å². The van der Waals surface area contributed by atoms with Crippen molar-refractivity contribution in [3.63, 3.8) is 0 Å². The van der Waals surface area contributed by atoms with Gasteiger partial charge in [-0.05, 0) is 17.7 Å². The van der Waals surface area contributed by atoms with E-state index in [1.165, 1.54) is 0 Å². The number of rotatable bonds is 5. The molecule has 1 saturated heterocycles. The third-order valence-corrected chi connectivity index (χ3v) is 5.14. The zero-order chi connectivity index (χ0) is 18.5. The van der Waals surface area contributed by atoms with Crippen LogP contribution in [-0.2, 0) is 11.2 Å². The number of aromatic nitrogens is 2. The van der Waals surface area contributed by atoms with Crippen molar-refractivity contribution in [2.24, 2.45) is 0 Å². The topological polar surface area (TPSA) is 67.8 Å². The summed E-state index contributed by atoms with van der Waals surface area (Å²) in [6, 6.07) is 3.67. The Morgan fingerprint density at radius 3 is 2.42 bits per heavy atom. The van der Waals surface area contributed by atoms with Crippen LogP contribution in [-0.4, -0.2) is 61.2 Å². The van der Waals surface area contributed by atoms with Gasteiger partial charge in [-0.25, -0.2) is 4.98 Å². The maximum atomic E-state index is 12.7. The van der Waals surface area contributed by atoms with Crippen molar-refractivity contribution in [1.82, 2.24) is 14.9 Å². The lowest BCUT2D eigenvalue weighted by molar-refractivity contribution is -0.130. The summed E-state index contributed by atoms with van der Waals surface area (Å²) in [7, 11) is 3.18. The number of benzene rings is 1. The second-order valence-electron chi connectivity index (χ2n) is 5.91. The van der Waals surface area contributed by atoms with Crippen LogP contribution >= 0.6 is 15.9 Å². The van der Waals surface area contributed by atoms with Gasteiger partial charge in [0.1, 0.15) is 5.82 Å². The Morgan fingerprint density at radius 2 is 1.81 bits per heavy atom. The number of anilines is 1. The summed E-state index contributed by atoms with van der Waals surface area (Å²) in [4.78, 5) is 25.1. The molecule has 0 saturated carbocycles. The van der Waals surface area contributed by atoms with Crippen LogP contribution in [0.2, 0.25) is 0 Å². The number of halogens is 1. The van der Waals surface area contributed by atoms with E-state index in [1.54, 1.807) is 32.8 Å². The van der Waals surface area contributed by atoms with Crippen LogP contribution in [0.1, 0.15) is 5.56 Å². The van der Waals surface area contributed by atoms with Crippen LogP contribution in [0.15, 0.2) is 35.2 Å². The molecular weight excluding hydrogens is 400 g/mol. The Kier molecular flexibility index (Phi) is 5.92. The highest BCUT2D eigenvalue weighted by Crippen LogP contribution is 2.33. The quantitative estimate of drug-likeness (QED) is 0.737. The number of ether oxygens (including phenoxy) is 2. The summed E-state index contributed by atoms with van der Waals surface area (Å²) in [5.74, 6) is 2.19. The molecule has 1 aliphatic rings. The SMILES string of the molecule is COc1cc(Br)c(CC(=O)N2CCN(c3cnccn3)CC2)cc1OC. The number of hydrogen-bond donors (Lipinski definition) is 0. The average Bonchev–Trinajstić information content (AvgIpc) is 2.69. The van der Waals surface area contributed by atoms with Crippen molar-refractivity contribution < 1.29 is 14.3 Å². The minimum Gasteiger partial charge on any atom is -0.493 e. The summed E-state index contributed by atoms with van der Waals surface area (Å²) >= 11 is 3.51. The number of carbonyl (C=O) groups is 1. The summed E-state index contributed by atoms with van der Waals surface area (Å²) in [6.07, 6.45) is 5.40. The van der Waals surface area contributed by atoms with E-state index in [2.05, 4.69) is 30.8 Å². The van der Waals surface area contributed by atoms with Gasteiger partial charge in [0.15, 0.2) is 11.5 Å². The lowest BCUT2D eigenvalue weighted by Crippen LogP contribution is -2.49. The van der Waals surface area contributed by atoms with Gasteiger partial charge in [0.2, 0.25) is 5.91 Å². The Balaban J connectivity index is 1.63. The summed E-state index contributed by atoms with van der Waals surface area (Å²) < 4.78 is 11.4. The first-order valence-corrected chi connectivity index (χ1v) is 9.10. The van der Waals surface area contributed by atoms with Crippen molar-refractivity contribution >= 4 is 27.7 Å². The fourth-order valence-electron chi connectivity index (χ4n) is 2.95. The standard InChI is InChI=1S/C18H21BrN4O3/c1-25-15-9-13(14(19)11-16(15)26-2)10-18(24)23-7-5-22(6-8-23)17-12-20-3-4-21-17/h3-4,9,11-12H,5-8,10H2,1-2H3. The van der Waals surface area contributed by atoms with Crippen molar-refractivity contribution in [2.45, 2.75) is 6.42 Å². The zero-order valence-electron chi connectivity index (χ0n) is 14.8. The summed E-state index contributed by atoms with van der Waals surface area (Å²) in [5.41, 5.74) is 0.879. The van der Waals surface area contributed by atoms with Gasteiger partial charge in [-0.1, -0.05) is 15.9 Å². The molecule has 8 heteroatoms. The summed E-state index contributed by atoms with van der Waals surface area (Å²) in [5, 5.41) is 0. The molecule has 1 aliphatic heterocycles. The lowest BCUT2D eigenvalue weighted by atomic mass is 10.1. The summed E-state index contributed by atoms with van der Waals surface area (Å²) in [6.45, 7) is 2.83. The number of nitrogens with zero attached hydrogens (tertiary/aromatic N) is 4. The van der Waals surface area contributed by atoms with Crippen molar-refractivity contribution in [1.29, 1.82) is 0 Å². The predicted molar refractivity (Wildman–Crippen MR) is 102 cm³/mol. The minimum absolute atomic E-state index is 0.0942. The van der Waals surface area contributed by atoms with Crippen LogP contribution in [0.25, 0.3) is 0 Å². The van der Waals surface area contributed by atoms with E-state index in [0.717, 1.165) is 28.9 Å². The molecule has 0 radical (unpaired) electrons. The van der Waals surface area contributed by atoms with Crippen LogP contribution in [0.3, 0.4) is 0 Å². The van der Waals surface area contributed by atoms with Crippen LogP contribution < -0.4 is 14.4 Å². The van der Waals surface area contributed by atoms with Crippen molar-refractivity contribution in [2.75, 3.05) is 45.3 Å². The molecule has 1 aromatic heterocycles. The van der Waals surface area contributed by atoms with Crippen LogP contribution in [0.4, 0.5) is 5.82 Å². The smallest absolute Gasteiger partial charge is 0.227 e. The maximum absolute atomic E-state index is 12.7. The molecule has 26 heavy (non-hydrogen) atoms.